The molecule has 1 aromatic heterocycles. The predicted octanol–water partition coefficient (Wildman–Crippen LogP) is 2.16. The number of hydrogen-bond acceptors (Lipinski definition) is 4. The third kappa shape index (κ3) is 1.98. The molecule has 0 aliphatic carbocycles. The van der Waals surface area contributed by atoms with Crippen LogP contribution in [0.4, 0.5) is 0 Å². The van der Waals surface area contributed by atoms with Gasteiger partial charge in [0.25, 0.3) is 0 Å². The third-order valence-corrected chi connectivity index (χ3v) is 4.03. The number of amidine groups is 1. The van der Waals surface area contributed by atoms with Crippen molar-refractivity contribution in [2.45, 2.75) is 6.04 Å². The Morgan fingerprint density at radius 2 is 2.62 bits per heavy atom. The number of aromatic nitrogens is 1. The summed E-state index contributed by atoms with van der Waals surface area (Å²) in [6.07, 6.45) is 1.82. The van der Waals surface area contributed by atoms with Crippen LogP contribution in [0.5, 0.6) is 0 Å². The maximum Gasteiger partial charge on any atom is 0.183 e. The first-order valence-corrected chi connectivity index (χ1v) is 5.95. The van der Waals surface area contributed by atoms with Crippen molar-refractivity contribution in [1.29, 1.82) is 0 Å². The van der Waals surface area contributed by atoms with Gasteiger partial charge < -0.3 is 5.32 Å². The van der Waals surface area contributed by atoms with Crippen LogP contribution < -0.4 is 5.32 Å². The highest BCUT2D eigenvalue weighted by atomic mass is 35.5. The Morgan fingerprint density at radius 1 is 1.77 bits per heavy atom. The van der Waals surface area contributed by atoms with Crippen molar-refractivity contribution in [3.63, 3.8) is 0 Å². The van der Waals surface area contributed by atoms with Crippen molar-refractivity contribution in [3.8, 4) is 0 Å². The van der Waals surface area contributed by atoms with Crippen LogP contribution in [0, 0.1) is 0 Å². The number of hydrogen-bond donors (Lipinski definition) is 1. The summed E-state index contributed by atoms with van der Waals surface area (Å²) in [5.41, 5.74) is 0. The molecule has 3 nitrogen and oxygen atoms in total. The van der Waals surface area contributed by atoms with Crippen molar-refractivity contribution in [3.05, 3.63) is 15.5 Å². The summed E-state index contributed by atoms with van der Waals surface area (Å²) in [6.45, 7) is 0. The first-order chi connectivity index (χ1) is 6.29. The summed E-state index contributed by atoms with van der Waals surface area (Å²) in [5, 5.41) is 4.29. The topological polar surface area (TPSA) is 37.3 Å². The highest BCUT2D eigenvalue weighted by molar-refractivity contribution is 8.14. The van der Waals surface area contributed by atoms with Crippen LogP contribution in [0.1, 0.15) is 10.9 Å². The molecule has 13 heavy (non-hydrogen) atoms. The van der Waals surface area contributed by atoms with Crippen LogP contribution in [-0.4, -0.2) is 23.0 Å². The van der Waals surface area contributed by atoms with Crippen molar-refractivity contribution in [2.24, 2.45) is 4.99 Å². The molecular formula is C7H8ClN3S2. The highest BCUT2D eigenvalue weighted by Gasteiger charge is 2.22. The van der Waals surface area contributed by atoms with Gasteiger partial charge in [0.15, 0.2) is 9.63 Å². The Morgan fingerprint density at radius 3 is 3.15 bits per heavy atom. The number of rotatable bonds is 1. The summed E-state index contributed by atoms with van der Waals surface area (Å²) in [6, 6.07) is 0.327. The average molecular weight is 234 g/mol. The smallest absolute Gasteiger partial charge is 0.183 e. The minimum absolute atomic E-state index is 0.327. The van der Waals surface area contributed by atoms with Gasteiger partial charge in [0.2, 0.25) is 0 Å². The minimum atomic E-state index is 0.327. The van der Waals surface area contributed by atoms with Gasteiger partial charge in [0.05, 0.1) is 6.04 Å². The van der Waals surface area contributed by atoms with E-state index in [4.69, 9.17) is 11.6 Å². The predicted molar refractivity (Wildman–Crippen MR) is 58.8 cm³/mol. The fourth-order valence-corrected chi connectivity index (χ4v) is 3.16. The number of nitrogens with one attached hydrogen (secondary N) is 1. The van der Waals surface area contributed by atoms with Gasteiger partial charge in [-0.1, -0.05) is 23.4 Å². The number of thioether (sulfide) groups is 1. The summed E-state index contributed by atoms with van der Waals surface area (Å²) < 4.78 is 0.601. The Hall–Kier alpha value is -0.260. The van der Waals surface area contributed by atoms with Crippen LogP contribution in [-0.2, 0) is 0 Å². The van der Waals surface area contributed by atoms with E-state index < -0.39 is 0 Å². The van der Waals surface area contributed by atoms with E-state index in [0.717, 1.165) is 10.9 Å². The molecule has 1 aliphatic rings. The second-order valence-electron chi connectivity index (χ2n) is 2.55. The SMILES string of the molecule is CN=C1N[C@@H](c2cnc(Cl)s2)CS1. The monoisotopic (exact) mass is 233 g/mol. The maximum atomic E-state index is 5.75. The standard InChI is InChI=1S/C7H8ClN3S2/c1-9-7-11-4(3-12-7)5-2-10-6(8)13-5/h2,4H,3H2,1H3,(H,9,11)/t4-/m1/s1. The van der Waals surface area contributed by atoms with Gasteiger partial charge >= 0.3 is 0 Å². The van der Waals surface area contributed by atoms with Gasteiger partial charge in [-0.3, -0.25) is 4.99 Å². The van der Waals surface area contributed by atoms with Gasteiger partial charge in [-0.25, -0.2) is 4.98 Å². The quantitative estimate of drug-likeness (QED) is 0.808. The molecule has 0 amide bonds. The Bertz CT molecular complexity index is 336. The molecule has 70 valence electrons. The van der Waals surface area contributed by atoms with Crippen LogP contribution in [0.2, 0.25) is 4.47 Å². The number of nitrogens with zero attached hydrogens (tertiary/aromatic N) is 2. The van der Waals surface area contributed by atoms with E-state index in [-0.39, 0.29) is 0 Å². The lowest BCUT2D eigenvalue weighted by Gasteiger charge is -2.04. The van der Waals surface area contributed by atoms with Gasteiger partial charge in [0, 0.05) is 23.9 Å². The van der Waals surface area contributed by atoms with Crippen molar-refractivity contribution >= 4 is 39.9 Å². The molecule has 1 N–H and O–H groups in total. The lowest BCUT2D eigenvalue weighted by Crippen LogP contribution is -2.17. The van der Waals surface area contributed by atoms with Crippen molar-refractivity contribution in [1.82, 2.24) is 10.3 Å². The zero-order valence-corrected chi connectivity index (χ0v) is 9.34. The molecule has 0 radical (unpaired) electrons. The number of thiazole rings is 1. The molecule has 0 aromatic carbocycles. The second-order valence-corrected chi connectivity index (χ2v) is 5.21. The van der Waals surface area contributed by atoms with Crippen molar-refractivity contribution < 1.29 is 0 Å². The van der Waals surface area contributed by atoms with Crippen LogP contribution in [0.15, 0.2) is 11.2 Å². The fourth-order valence-electron chi connectivity index (χ4n) is 1.10. The van der Waals surface area contributed by atoms with Crippen molar-refractivity contribution in [2.75, 3.05) is 12.8 Å². The Kier molecular flexibility index (Phi) is 2.76. The first-order valence-electron chi connectivity index (χ1n) is 3.77. The lowest BCUT2D eigenvalue weighted by atomic mass is 10.3. The minimum Gasteiger partial charge on any atom is -0.356 e. The molecule has 1 aromatic rings. The Balaban J connectivity index is 2.12. The van der Waals surface area contributed by atoms with E-state index in [2.05, 4.69) is 15.3 Å². The molecule has 0 unspecified atom stereocenters. The van der Waals surface area contributed by atoms with Crippen LogP contribution in [0.25, 0.3) is 0 Å². The summed E-state index contributed by atoms with van der Waals surface area (Å²) in [5.74, 6) is 1.01. The number of halogens is 1. The second kappa shape index (κ2) is 3.86. The third-order valence-electron chi connectivity index (χ3n) is 1.73. The zero-order chi connectivity index (χ0) is 9.26. The van der Waals surface area contributed by atoms with E-state index in [1.807, 2.05) is 6.20 Å². The number of aliphatic imine (C=N–C) groups is 1. The maximum absolute atomic E-state index is 5.75. The fraction of sp³-hybridized carbons (Fsp3) is 0.429. The van der Waals surface area contributed by atoms with Crippen LogP contribution in [0.3, 0.4) is 0 Å². The molecule has 1 saturated heterocycles. The van der Waals surface area contributed by atoms with E-state index >= 15 is 0 Å². The molecular weight excluding hydrogens is 226 g/mol. The molecule has 2 heterocycles. The molecule has 0 spiro atoms. The highest BCUT2D eigenvalue weighted by Crippen LogP contribution is 2.30. The zero-order valence-electron chi connectivity index (χ0n) is 6.95. The van der Waals surface area contributed by atoms with Gasteiger partial charge in [-0.15, -0.1) is 11.3 Å². The normalized spacial score (nSPS) is 25.1. The largest absolute Gasteiger partial charge is 0.356 e. The average Bonchev–Trinajstić information content (AvgIpc) is 2.71. The summed E-state index contributed by atoms with van der Waals surface area (Å²) in [7, 11) is 1.79. The van der Waals surface area contributed by atoms with Crippen LogP contribution >= 0.6 is 34.7 Å². The van der Waals surface area contributed by atoms with Gasteiger partial charge in [0.1, 0.15) is 0 Å². The molecule has 1 fully saturated rings. The summed E-state index contributed by atoms with van der Waals surface area (Å²) in [4.78, 5) is 9.27. The van der Waals surface area contributed by atoms with E-state index in [1.165, 1.54) is 16.2 Å². The van der Waals surface area contributed by atoms with E-state index in [1.54, 1.807) is 18.8 Å². The molecule has 1 atom stereocenters. The van der Waals surface area contributed by atoms with E-state index in [0.29, 0.717) is 10.5 Å². The van der Waals surface area contributed by atoms with Gasteiger partial charge in [-0.05, 0) is 0 Å². The molecule has 2 rings (SSSR count). The lowest BCUT2D eigenvalue weighted by molar-refractivity contribution is 0.765. The molecule has 0 saturated carbocycles. The molecule has 0 bridgehead atoms. The summed E-state index contributed by atoms with van der Waals surface area (Å²) >= 11 is 9.00. The van der Waals surface area contributed by atoms with E-state index in [9.17, 15) is 0 Å². The molecule has 1 aliphatic heterocycles. The van der Waals surface area contributed by atoms with Gasteiger partial charge in [-0.2, -0.15) is 0 Å². The molecule has 6 heteroatoms. The first kappa shape index (κ1) is 9.30. The Labute approximate surface area is 89.6 Å².